The molecule has 0 aliphatic heterocycles. The largest absolute Gasteiger partial charge is 0.473 e. The average Bonchev–Trinajstić information content (AvgIpc) is 3.00. The van der Waals surface area contributed by atoms with Crippen molar-refractivity contribution in [3.63, 3.8) is 0 Å². The Morgan fingerprint density at radius 3 is 1.50 bits per heavy atom. The highest BCUT2D eigenvalue weighted by Crippen LogP contribution is 2.24. The monoisotopic (exact) mass is 704 g/mol. The van der Waals surface area contributed by atoms with Gasteiger partial charge in [0, 0.05) is 42.5 Å². The van der Waals surface area contributed by atoms with E-state index in [0.717, 1.165) is 16.7 Å². The second kappa shape index (κ2) is 17.6. The summed E-state index contributed by atoms with van der Waals surface area (Å²) in [4.78, 5) is 16.1. The van der Waals surface area contributed by atoms with Gasteiger partial charge in [-0.3, -0.25) is 9.97 Å². The van der Waals surface area contributed by atoms with E-state index in [1.165, 1.54) is 0 Å². The molecule has 0 fully saturated rings. The molecule has 0 aliphatic carbocycles. The van der Waals surface area contributed by atoms with E-state index in [1.807, 2.05) is 48.5 Å². The quantitative estimate of drug-likeness (QED) is 0.171. The molecule has 0 atom stereocenters. The molecule has 0 aliphatic rings. The third-order valence-electron chi connectivity index (χ3n) is 4.80. The number of benzene rings is 1. The number of hydrogen-bond acceptors (Lipinski definition) is 7. The predicted molar refractivity (Wildman–Crippen MR) is 163 cm³/mol. The van der Waals surface area contributed by atoms with E-state index in [-0.39, 0.29) is 6.61 Å². The molecule has 0 saturated heterocycles. The molecule has 1 N–H and O–H groups in total. The smallest absolute Gasteiger partial charge is 0.214 e. The minimum atomic E-state index is 0.0772. The summed E-state index contributed by atoms with van der Waals surface area (Å²) in [6.07, 6.45) is 6.80. The highest BCUT2D eigenvalue weighted by molar-refractivity contribution is 9.10. The molecule has 0 saturated carbocycles. The van der Waals surface area contributed by atoms with Crippen molar-refractivity contribution in [1.82, 2.24) is 19.9 Å². The van der Waals surface area contributed by atoms with Gasteiger partial charge in [-0.05, 0) is 67.3 Å². The molecule has 7 nitrogen and oxygen atoms in total. The number of halogens is 4. The van der Waals surface area contributed by atoms with Crippen molar-refractivity contribution in [2.75, 3.05) is 0 Å². The van der Waals surface area contributed by atoms with E-state index >= 15 is 0 Å². The summed E-state index contributed by atoms with van der Waals surface area (Å²) >= 11 is 18.1. The summed E-state index contributed by atoms with van der Waals surface area (Å²) in [7, 11) is 0. The summed E-state index contributed by atoms with van der Waals surface area (Å²) in [5, 5.41) is 9.64. The zero-order valence-corrected chi connectivity index (χ0v) is 25.7. The number of aliphatic hydroxyl groups is 1. The molecule has 206 valence electrons. The lowest BCUT2D eigenvalue weighted by molar-refractivity contribution is 0.281. The second-order valence-corrected chi connectivity index (χ2v) is 10.1. The van der Waals surface area contributed by atoms with E-state index in [4.69, 9.17) is 37.8 Å². The van der Waals surface area contributed by atoms with Crippen LogP contribution in [0.2, 0.25) is 10.0 Å². The first kappa shape index (κ1) is 31.4. The maximum Gasteiger partial charge on any atom is 0.214 e. The van der Waals surface area contributed by atoms with Gasteiger partial charge in [0.15, 0.2) is 0 Å². The number of nitrogens with zero attached hydrogens (tertiary/aromatic N) is 4. The maximum atomic E-state index is 8.50. The molecule has 11 heteroatoms. The van der Waals surface area contributed by atoms with E-state index < -0.39 is 0 Å². The van der Waals surface area contributed by atoms with Gasteiger partial charge in [0.2, 0.25) is 11.8 Å². The molecule has 40 heavy (non-hydrogen) atoms. The van der Waals surface area contributed by atoms with Crippen LogP contribution in [0.5, 0.6) is 11.8 Å². The Morgan fingerprint density at radius 2 is 1.07 bits per heavy atom. The summed E-state index contributed by atoms with van der Waals surface area (Å²) < 4.78 is 12.2. The van der Waals surface area contributed by atoms with Gasteiger partial charge in [0.1, 0.15) is 22.4 Å². The molecule has 0 unspecified atom stereocenters. The number of rotatable bonds is 7. The van der Waals surface area contributed by atoms with Gasteiger partial charge in [-0.1, -0.05) is 65.7 Å². The van der Waals surface area contributed by atoms with Gasteiger partial charge < -0.3 is 14.6 Å². The van der Waals surface area contributed by atoms with Crippen LogP contribution in [0.3, 0.4) is 0 Å². The first-order chi connectivity index (χ1) is 19.4. The minimum absolute atomic E-state index is 0.0772. The van der Waals surface area contributed by atoms with Gasteiger partial charge in [-0.25, -0.2) is 9.97 Å². The highest BCUT2D eigenvalue weighted by Gasteiger charge is 2.03. The van der Waals surface area contributed by atoms with Crippen LogP contribution in [-0.4, -0.2) is 25.0 Å². The van der Waals surface area contributed by atoms with Crippen molar-refractivity contribution in [2.24, 2.45) is 0 Å². The Kier molecular flexibility index (Phi) is 13.8. The van der Waals surface area contributed by atoms with Crippen molar-refractivity contribution >= 4 is 55.1 Å². The van der Waals surface area contributed by atoms with Crippen LogP contribution >= 0.6 is 55.1 Å². The van der Waals surface area contributed by atoms with E-state index in [0.29, 0.717) is 44.2 Å². The Morgan fingerprint density at radius 1 is 0.600 bits per heavy atom. The predicted octanol–water partition coefficient (Wildman–Crippen LogP) is 8.12. The SMILES string of the molecule is Clc1ccc(OCc2ccccc2)nc1Br.Clc1ccc(OCc2cccnc2)nc1Br.OCc1cccnc1. The van der Waals surface area contributed by atoms with E-state index in [9.17, 15) is 0 Å². The average molecular weight is 707 g/mol. The summed E-state index contributed by atoms with van der Waals surface area (Å²) in [6.45, 7) is 1.02. The molecular weight excluding hydrogens is 683 g/mol. The number of aliphatic hydroxyl groups excluding tert-OH is 1. The van der Waals surface area contributed by atoms with Crippen molar-refractivity contribution in [3.8, 4) is 11.8 Å². The summed E-state index contributed by atoms with van der Waals surface area (Å²) in [5.41, 5.74) is 2.96. The van der Waals surface area contributed by atoms with Crippen LogP contribution in [0.1, 0.15) is 16.7 Å². The lowest BCUT2D eigenvalue weighted by atomic mass is 10.2. The first-order valence-electron chi connectivity index (χ1n) is 11.8. The third-order valence-corrected chi connectivity index (χ3v) is 7.08. The van der Waals surface area contributed by atoms with Crippen LogP contribution in [0, 0.1) is 0 Å². The van der Waals surface area contributed by atoms with Crippen LogP contribution in [0.25, 0.3) is 0 Å². The molecular formula is C29H24Br2Cl2N4O3. The topological polar surface area (TPSA) is 90.2 Å². The van der Waals surface area contributed by atoms with Crippen LogP contribution < -0.4 is 9.47 Å². The lowest BCUT2D eigenvalue weighted by Crippen LogP contribution is -1.97. The third kappa shape index (κ3) is 11.6. The van der Waals surface area contributed by atoms with E-state index in [1.54, 1.807) is 55.1 Å². The zero-order chi connectivity index (χ0) is 28.6. The molecule has 1 aromatic carbocycles. The van der Waals surface area contributed by atoms with Crippen LogP contribution in [-0.2, 0) is 19.8 Å². The first-order valence-corrected chi connectivity index (χ1v) is 14.1. The second-order valence-electron chi connectivity index (χ2n) is 7.79. The summed E-state index contributed by atoms with van der Waals surface area (Å²) in [5.74, 6) is 1.08. The Labute approximate surface area is 259 Å². The van der Waals surface area contributed by atoms with Gasteiger partial charge in [0.05, 0.1) is 16.7 Å². The molecule has 0 bridgehead atoms. The van der Waals surface area contributed by atoms with Gasteiger partial charge >= 0.3 is 0 Å². The van der Waals surface area contributed by atoms with Crippen molar-refractivity contribution < 1.29 is 14.6 Å². The van der Waals surface area contributed by atoms with Crippen LogP contribution in [0.15, 0.2) is 113 Å². The fourth-order valence-electron chi connectivity index (χ4n) is 2.83. The normalized spacial score (nSPS) is 9.93. The zero-order valence-electron chi connectivity index (χ0n) is 21.0. The molecule has 5 aromatic rings. The van der Waals surface area contributed by atoms with Gasteiger partial charge in [-0.15, -0.1) is 0 Å². The molecule has 4 heterocycles. The number of pyridine rings is 4. The Hall–Kier alpha value is -3.08. The Bertz CT molecular complexity index is 1350. The van der Waals surface area contributed by atoms with Gasteiger partial charge in [-0.2, -0.15) is 0 Å². The maximum absolute atomic E-state index is 8.50. The van der Waals surface area contributed by atoms with E-state index in [2.05, 4.69) is 51.8 Å². The fraction of sp³-hybridized carbons (Fsp3) is 0.103. The van der Waals surface area contributed by atoms with Crippen LogP contribution in [0.4, 0.5) is 0 Å². The molecule has 0 spiro atoms. The lowest BCUT2D eigenvalue weighted by Gasteiger charge is -2.05. The minimum Gasteiger partial charge on any atom is -0.473 e. The fourth-order valence-corrected chi connectivity index (χ4v) is 3.65. The molecule has 0 amide bonds. The number of hydrogen-bond donors (Lipinski definition) is 1. The number of aromatic nitrogens is 4. The Balaban J connectivity index is 0.000000175. The molecule has 4 aromatic heterocycles. The van der Waals surface area contributed by atoms with Crippen molar-refractivity contribution in [2.45, 2.75) is 19.8 Å². The summed E-state index contributed by atoms with van der Waals surface area (Å²) in [6, 6.07) is 24.3. The standard InChI is InChI=1S/C12H9BrClNO.C11H8BrClN2O.C6H7NO/c13-12-10(14)6-7-11(15-12)16-8-9-4-2-1-3-5-9;12-11-9(13)3-4-10(15-11)16-7-8-2-1-5-14-6-8;8-5-6-2-1-3-7-4-6/h1-7H,8H2;1-6H,7H2;1-4,8H,5H2. The highest BCUT2D eigenvalue weighted by atomic mass is 79.9. The number of ether oxygens (including phenoxy) is 2. The van der Waals surface area contributed by atoms with Crippen molar-refractivity contribution in [1.29, 1.82) is 0 Å². The van der Waals surface area contributed by atoms with Gasteiger partial charge in [0.25, 0.3) is 0 Å². The molecule has 0 radical (unpaired) electrons. The van der Waals surface area contributed by atoms with Crippen molar-refractivity contribution in [3.05, 3.63) is 140 Å². The molecule has 5 rings (SSSR count).